The van der Waals surface area contributed by atoms with E-state index in [0.29, 0.717) is 0 Å². The van der Waals surface area contributed by atoms with Crippen molar-refractivity contribution in [1.29, 1.82) is 0 Å². The first-order valence-electron chi connectivity index (χ1n) is 4.62. The normalized spacial score (nSPS) is 10.7. The monoisotopic (exact) mass is 299 g/mol. The van der Waals surface area contributed by atoms with E-state index in [-0.39, 0.29) is 6.61 Å². The molecule has 84 valence electrons. The standard InChI is InChI=1S/C10H10BrN3OS/c1-14-10(12-6-13-14)16-9-3-2-8(11)4-7(9)5-15/h2-4,6,15H,5H2,1H3. The highest BCUT2D eigenvalue weighted by Gasteiger charge is 2.08. The molecule has 6 heteroatoms. The molecule has 0 aliphatic heterocycles. The van der Waals surface area contributed by atoms with Gasteiger partial charge in [-0.2, -0.15) is 5.10 Å². The third-order valence-electron chi connectivity index (χ3n) is 2.06. The van der Waals surface area contributed by atoms with Crippen LogP contribution >= 0.6 is 27.7 Å². The van der Waals surface area contributed by atoms with Gasteiger partial charge >= 0.3 is 0 Å². The quantitative estimate of drug-likeness (QED) is 0.944. The smallest absolute Gasteiger partial charge is 0.190 e. The zero-order valence-electron chi connectivity index (χ0n) is 8.59. The van der Waals surface area contributed by atoms with Crippen LogP contribution in [0.5, 0.6) is 0 Å². The molecule has 0 bridgehead atoms. The molecule has 0 unspecified atom stereocenters. The molecule has 0 fully saturated rings. The number of aliphatic hydroxyl groups excluding tert-OH is 1. The molecule has 0 aliphatic rings. The fourth-order valence-corrected chi connectivity index (χ4v) is 2.52. The molecule has 0 amide bonds. The SMILES string of the molecule is Cn1ncnc1Sc1ccc(Br)cc1CO. The summed E-state index contributed by atoms with van der Waals surface area (Å²) < 4.78 is 2.66. The number of hydrogen-bond donors (Lipinski definition) is 1. The van der Waals surface area contributed by atoms with Crippen LogP contribution in [-0.4, -0.2) is 19.9 Å². The zero-order chi connectivity index (χ0) is 11.5. The molecule has 0 saturated heterocycles. The van der Waals surface area contributed by atoms with E-state index in [1.54, 1.807) is 4.68 Å². The van der Waals surface area contributed by atoms with Gasteiger partial charge in [0.15, 0.2) is 5.16 Å². The molecule has 2 rings (SSSR count). The third kappa shape index (κ3) is 2.45. The maximum atomic E-state index is 9.26. The highest BCUT2D eigenvalue weighted by Crippen LogP contribution is 2.30. The number of aromatic nitrogens is 3. The summed E-state index contributed by atoms with van der Waals surface area (Å²) in [5, 5.41) is 14.1. The third-order valence-corrected chi connectivity index (χ3v) is 3.73. The van der Waals surface area contributed by atoms with Crippen molar-refractivity contribution in [2.24, 2.45) is 7.05 Å². The molecule has 0 spiro atoms. The summed E-state index contributed by atoms with van der Waals surface area (Å²) in [6, 6.07) is 5.80. The van der Waals surface area contributed by atoms with Gasteiger partial charge in [0.25, 0.3) is 0 Å². The predicted molar refractivity (Wildman–Crippen MR) is 65.2 cm³/mol. The highest BCUT2D eigenvalue weighted by molar-refractivity contribution is 9.10. The van der Waals surface area contributed by atoms with Crippen LogP contribution in [0.4, 0.5) is 0 Å². The van der Waals surface area contributed by atoms with Gasteiger partial charge in [0.1, 0.15) is 6.33 Å². The fourth-order valence-electron chi connectivity index (χ4n) is 1.25. The molecule has 1 aromatic carbocycles. The Morgan fingerprint density at radius 2 is 2.31 bits per heavy atom. The summed E-state index contributed by atoms with van der Waals surface area (Å²) in [4.78, 5) is 5.12. The van der Waals surface area contributed by atoms with E-state index < -0.39 is 0 Å². The Balaban J connectivity index is 2.31. The van der Waals surface area contributed by atoms with Gasteiger partial charge in [-0.25, -0.2) is 9.67 Å². The Hall–Kier alpha value is -0.850. The van der Waals surface area contributed by atoms with E-state index in [4.69, 9.17) is 0 Å². The second kappa shape index (κ2) is 4.99. The Bertz CT molecular complexity index is 501. The van der Waals surface area contributed by atoms with Crippen molar-refractivity contribution in [3.05, 3.63) is 34.6 Å². The summed E-state index contributed by atoms with van der Waals surface area (Å²) >= 11 is 4.87. The summed E-state index contributed by atoms with van der Waals surface area (Å²) in [5.41, 5.74) is 0.877. The minimum Gasteiger partial charge on any atom is -0.392 e. The van der Waals surface area contributed by atoms with Crippen molar-refractivity contribution in [3.8, 4) is 0 Å². The van der Waals surface area contributed by atoms with Crippen LogP contribution in [0.25, 0.3) is 0 Å². The number of nitrogens with zero attached hydrogens (tertiary/aromatic N) is 3. The fraction of sp³-hybridized carbons (Fsp3) is 0.200. The van der Waals surface area contributed by atoms with Crippen LogP contribution in [0.3, 0.4) is 0 Å². The van der Waals surface area contributed by atoms with Crippen molar-refractivity contribution in [1.82, 2.24) is 14.8 Å². The lowest BCUT2D eigenvalue weighted by Crippen LogP contribution is -1.94. The van der Waals surface area contributed by atoms with Crippen LogP contribution in [-0.2, 0) is 13.7 Å². The maximum absolute atomic E-state index is 9.26. The van der Waals surface area contributed by atoms with Crippen LogP contribution in [0.1, 0.15) is 5.56 Å². The Morgan fingerprint density at radius 3 is 2.94 bits per heavy atom. The average molecular weight is 300 g/mol. The predicted octanol–water partition coefficient (Wildman–Crippen LogP) is 2.22. The first kappa shape index (κ1) is 11.6. The van der Waals surface area contributed by atoms with Crippen LogP contribution in [0, 0.1) is 0 Å². The lowest BCUT2D eigenvalue weighted by molar-refractivity contribution is 0.279. The largest absolute Gasteiger partial charge is 0.392 e. The minimum absolute atomic E-state index is 0.0135. The average Bonchev–Trinajstić information content (AvgIpc) is 2.67. The second-order valence-electron chi connectivity index (χ2n) is 3.18. The number of aryl methyl sites for hydroxylation is 1. The topological polar surface area (TPSA) is 50.9 Å². The summed E-state index contributed by atoms with van der Waals surface area (Å²) in [5.74, 6) is 0. The van der Waals surface area contributed by atoms with Crippen LogP contribution < -0.4 is 0 Å². The first-order valence-corrected chi connectivity index (χ1v) is 6.23. The van der Waals surface area contributed by atoms with Crippen molar-refractivity contribution in [2.75, 3.05) is 0 Å². The van der Waals surface area contributed by atoms with E-state index in [9.17, 15) is 5.11 Å². The lowest BCUT2D eigenvalue weighted by Gasteiger charge is -2.06. The van der Waals surface area contributed by atoms with Gasteiger partial charge in [-0.3, -0.25) is 0 Å². The molecular weight excluding hydrogens is 290 g/mol. The number of hydrogen-bond acceptors (Lipinski definition) is 4. The number of rotatable bonds is 3. The van der Waals surface area contributed by atoms with Gasteiger partial charge < -0.3 is 5.11 Å². The van der Waals surface area contributed by atoms with Crippen molar-refractivity contribution >= 4 is 27.7 Å². The summed E-state index contributed by atoms with van der Waals surface area (Å²) in [7, 11) is 1.84. The molecule has 4 nitrogen and oxygen atoms in total. The Kier molecular flexibility index (Phi) is 3.63. The molecular formula is C10H10BrN3OS. The molecule has 0 atom stereocenters. The molecule has 2 aromatic rings. The molecule has 1 aromatic heterocycles. The van der Waals surface area contributed by atoms with Crippen molar-refractivity contribution < 1.29 is 5.11 Å². The zero-order valence-corrected chi connectivity index (χ0v) is 11.0. The van der Waals surface area contributed by atoms with Gasteiger partial charge in [-0.05, 0) is 35.5 Å². The van der Waals surface area contributed by atoms with Gasteiger partial charge in [-0.1, -0.05) is 15.9 Å². The number of aliphatic hydroxyl groups is 1. The molecule has 0 radical (unpaired) electrons. The molecule has 1 N–H and O–H groups in total. The van der Waals surface area contributed by atoms with Gasteiger partial charge in [-0.15, -0.1) is 0 Å². The van der Waals surface area contributed by atoms with E-state index >= 15 is 0 Å². The summed E-state index contributed by atoms with van der Waals surface area (Å²) in [6.07, 6.45) is 1.51. The van der Waals surface area contributed by atoms with Crippen LogP contribution in [0.15, 0.2) is 39.1 Å². The molecule has 16 heavy (non-hydrogen) atoms. The van der Waals surface area contributed by atoms with Crippen LogP contribution in [0.2, 0.25) is 0 Å². The number of halogens is 1. The van der Waals surface area contributed by atoms with Gasteiger partial charge in [0.05, 0.1) is 6.61 Å². The van der Waals surface area contributed by atoms with Gasteiger partial charge in [0.2, 0.25) is 0 Å². The van der Waals surface area contributed by atoms with E-state index in [1.165, 1.54) is 18.1 Å². The lowest BCUT2D eigenvalue weighted by atomic mass is 10.2. The number of benzene rings is 1. The first-order chi connectivity index (χ1) is 7.70. The molecule has 1 heterocycles. The Labute approximate surface area is 106 Å². The highest BCUT2D eigenvalue weighted by atomic mass is 79.9. The summed E-state index contributed by atoms with van der Waals surface area (Å²) in [6.45, 7) is 0.0135. The molecule has 0 aliphatic carbocycles. The molecule has 0 saturated carbocycles. The van der Waals surface area contributed by atoms with Gasteiger partial charge in [0, 0.05) is 16.4 Å². The van der Waals surface area contributed by atoms with E-state index in [2.05, 4.69) is 26.0 Å². The second-order valence-corrected chi connectivity index (χ2v) is 5.10. The van der Waals surface area contributed by atoms with E-state index in [0.717, 1.165) is 20.1 Å². The van der Waals surface area contributed by atoms with Crippen molar-refractivity contribution in [3.63, 3.8) is 0 Å². The Morgan fingerprint density at radius 1 is 1.50 bits per heavy atom. The maximum Gasteiger partial charge on any atom is 0.190 e. The van der Waals surface area contributed by atoms with E-state index in [1.807, 2.05) is 25.2 Å². The van der Waals surface area contributed by atoms with Crippen molar-refractivity contribution in [2.45, 2.75) is 16.7 Å². The minimum atomic E-state index is 0.0135.